The van der Waals surface area contributed by atoms with Crippen LogP contribution in [0.1, 0.15) is 38.0 Å². The van der Waals surface area contributed by atoms with E-state index in [-0.39, 0.29) is 12.0 Å². The lowest BCUT2D eigenvalue weighted by Gasteiger charge is -2.39. The summed E-state index contributed by atoms with van der Waals surface area (Å²) in [6.45, 7) is 6.06. The summed E-state index contributed by atoms with van der Waals surface area (Å²) in [7, 11) is 2.04. The number of amides is 1. The number of hydrogen-bond acceptors (Lipinski definition) is 5. The second-order valence-corrected chi connectivity index (χ2v) is 9.23. The molecule has 0 atom stereocenters. The second-order valence-electron chi connectivity index (χ2n) is 8.19. The molecule has 0 radical (unpaired) electrons. The fourth-order valence-electron chi connectivity index (χ4n) is 3.65. The van der Waals surface area contributed by atoms with Crippen LogP contribution in [0.3, 0.4) is 0 Å². The average Bonchev–Trinajstić information content (AvgIpc) is 3.20. The molecule has 1 N–H and O–H groups in total. The van der Waals surface area contributed by atoms with Crippen LogP contribution in [0.25, 0.3) is 0 Å². The van der Waals surface area contributed by atoms with Gasteiger partial charge in [-0.15, -0.1) is 11.3 Å². The van der Waals surface area contributed by atoms with Crippen LogP contribution in [0.2, 0.25) is 0 Å². The van der Waals surface area contributed by atoms with Gasteiger partial charge in [0.15, 0.2) is 0 Å². The molecule has 5 nitrogen and oxygen atoms in total. The van der Waals surface area contributed by atoms with E-state index in [1.54, 1.807) is 11.3 Å². The summed E-state index contributed by atoms with van der Waals surface area (Å²) in [5.41, 5.74) is 0.405. The predicted molar refractivity (Wildman–Crippen MR) is 119 cm³/mol. The number of piperidine rings is 1. The molecule has 6 heteroatoms. The normalized spacial score (nSPS) is 16.1. The molecule has 1 aromatic heterocycles. The van der Waals surface area contributed by atoms with Crippen molar-refractivity contribution in [3.05, 3.63) is 46.7 Å². The molecule has 0 spiro atoms. The fraction of sp³-hybridized carbons (Fsp3) is 0.522. The third-order valence-electron chi connectivity index (χ3n) is 5.51. The smallest absolute Gasteiger partial charge is 0.227 e. The molecule has 1 aromatic carbocycles. The first kappa shape index (κ1) is 21.7. The number of nitrogens with zero attached hydrogens (tertiary/aromatic N) is 2. The highest BCUT2D eigenvalue weighted by Crippen LogP contribution is 2.28. The third kappa shape index (κ3) is 6.21. The van der Waals surface area contributed by atoms with Crippen LogP contribution < -0.4 is 9.64 Å². The number of hydrogen-bond donors (Lipinski definition) is 1. The van der Waals surface area contributed by atoms with E-state index in [2.05, 4.69) is 4.90 Å². The molecule has 2 heterocycles. The summed E-state index contributed by atoms with van der Waals surface area (Å²) in [5, 5.41) is 13.0. The van der Waals surface area contributed by atoms with E-state index in [4.69, 9.17) is 4.74 Å². The lowest BCUT2D eigenvalue weighted by molar-refractivity contribution is -0.134. The number of benzene rings is 1. The summed E-state index contributed by atoms with van der Waals surface area (Å²) < 4.78 is 5.69. The van der Waals surface area contributed by atoms with Gasteiger partial charge < -0.3 is 19.6 Å². The number of rotatable bonds is 8. The van der Waals surface area contributed by atoms with Gasteiger partial charge in [-0.25, -0.2) is 0 Å². The SMILES string of the molecule is CC(C)Oc1ccc(N(C)CCC2(O)CCN(C(=O)Cc3cccs3)CC2)cc1. The Morgan fingerprint density at radius 1 is 1.24 bits per heavy atom. The molecule has 0 unspecified atom stereocenters. The maximum Gasteiger partial charge on any atom is 0.227 e. The Morgan fingerprint density at radius 3 is 2.52 bits per heavy atom. The first-order valence-electron chi connectivity index (χ1n) is 10.3. The number of carbonyl (C=O) groups is 1. The Balaban J connectivity index is 1.45. The van der Waals surface area contributed by atoms with Crippen molar-refractivity contribution in [2.45, 2.75) is 51.2 Å². The number of thiophene rings is 1. The fourth-order valence-corrected chi connectivity index (χ4v) is 4.35. The van der Waals surface area contributed by atoms with Crippen LogP contribution in [0.5, 0.6) is 5.75 Å². The lowest BCUT2D eigenvalue weighted by atomic mass is 9.88. The van der Waals surface area contributed by atoms with Crippen molar-refractivity contribution in [3.63, 3.8) is 0 Å². The number of aliphatic hydroxyl groups is 1. The van der Waals surface area contributed by atoms with Crippen LogP contribution >= 0.6 is 11.3 Å². The minimum absolute atomic E-state index is 0.162. The molecule has 158 valence electrons. The lowest BCUT2D eigenvalue weighted by Crippen LogP contribution is -2.48. The highest BCUT2D eigenvalue weighted by Gasteiger charge is 2.33. The van der Waals surface area contributed by atoms with Crippen LogP contribution in [-0.4, -0.2) is 54.3 Å². The van der Waals surface area contributed by atoms with Crippen molar-refractivity contribution < 1.29 is 14.6 Å². The molecule has 1 aliphatic heterocycles. The zero-order valence-corrected chi connectivity index (χ0v) is 18.5. The molecule has 1 saturated heterocycles. The Morgan fingerprint density at radius 2 is 1.93 bits per heavy atom. The molecular formula is C23H32N2O3S. The van der Waals surface area contributed by atoms with Crippen LogP contribution in [0.4, 0.5) is 5.69 Å². The Hall–Kier alpha value is -2.05. The molecule has 0 saturated carbocycles. The van der Waals surface area contributed by atoms with Gasteiger partial charge in [0, 0.05) is 37.2 Å². The van der Waals surface area contributed by atoms with E-state index in [1.807, 2.05) is 67.6 Å². The van der Waals surface area contributed by atoms with Gasteiger partial charge in [0.05, 0.1) is 18.1 Å². The Bertz CT molecular complexity index is 766. The van der Waals surface area contributed by atoms with E-state index in [1.165, 1.54) is 0 Å². The van der Waals surface area contributed by atoms with E-state index in [9.17, 15) is 9.90 Å². The van der Waals surface area contributed by atoms with E-state index in [0.29, 0.717) is 38.8 Å². The maximum absolute atomic E-state index is 12.5. The zero-order chi connectivity index (χ0) is 20.9. The van der Waals surface area contributed by atoms with Gasteiger partial charge in [0.25, 0.3) is 0 Å². The van der Waals surface area contributed by atoms with Gasteiger partial charge in [0.2, 0.25) is 5.91 Å². The highest BCUT2D eigenvalue weighted by molar-refractivity contribution is 7.10. The molecule has 3 rings (SSSR count). The van der Waals surface area contributed by atoms with E-state index < -0.39 is 5.60 Å². The van der Waals surface area contributed by atoms with Crippen molar-refractivity contribution in [1.82, 2.24) is 4.90 Å². The van der Waals surface area contributed by atoms with E-state index >= 15 is 0 Å². The van der Waals surface area contributed by atoms with Crippen molar-refractivity contribution in [1.29, 1.82) is 0 Å². The summed E-state index contributed by atoms with van der Waals surface area (Å²) in [6, 6.07) is 12.0. The monoisotopic (exact) mass is 416 g/mol. The van der Waals surface area contributed by atoms with Gasteiger partial charge in [-0.2, -0.15) is 0 Å². The standard InChI is InChI=1S/C23H32N2O3S/c1-18(2)28-20-8-6-19(7-9-20)24(3)13-10-23(27)11-14-25(15-12-23)22(26)17-21-5-4-16-29-21/h4-9,16,18,27H,10-15,17H2,1-3H3. The summed E-state index contributed by atoms with van der Waals surface area (Å²) in [6.07, 6.45) is 2.60. The summed E-state index contributed by atoms with van der Waals surface area (Å²) in [5.74, 6) is 1.03. The van der Waals surface area contributed by atoms with Crippen molar-refractivity contribution >= 4 is 22.9 Å². The highest BCUT2D eigenvalue weighted by atomic mass is 32.1. The van der Waals surface area contributed by atoms with Gasteiger partial charge in [-0.05, 0) is 68.8 Å². The topological polar surface area (TPSA) is 53.0 Å². The van der Waals surface area contributed by atoms with Crippen LogP contribution in [-0.2, 0) is 11.2 Å². The molecule has 29 heavy (non-hydrogen) atoms. The van der Waals surface area contributed by atoms with Crippen LogP contribution in [0, 0.1) is 0 Å². The van der Waals surface area contributed by atoms with Gasteiger partial charge in [-0.3, -0.25) is 4.79 Å². The second kappa shape index (κ2) is 9.63. The third-order valence-corrected chi connectivity index (χ3v) is 6.39. The number of anilines is 1. The Labute approximate surface area is 177 Å². The van der Waals surface area contributed by atoms with Gasteiger partial charge in [-0.1, -0.05) is 6.07 Å². The molecule has 1 amide bonds. The molecule has 0 aliphatic carbocycles. The van der Waals surface area contributed by atoms with E-state index in [0.717, 1.165) is 22.9 Å². The van der Waals surface area contributed by atoms with Crippen molar-refractivity contribution in [3.8, 4) is 5.75 Å². The largest absolute Gasteiger partial charge is 0.491 e. The van der Waals surface area contributed by atoms with Gasteiger partial charge >= 0.3 is 0 Å². The first-order chi connectivity index (χ1) is 13.8. The summed E-state index contributed by atoms with van der Waals surface area (Å²) >= 11 is 1.62. The van der Waals surface area contributed by atoms with Crippen molar-refractivity contribution in [2.75, 3.05) is 31.6 Å². The molecule has 0 bridgehead atoms. The number of likely N-dealkylation sites (tertiary alicyclic amines) is 1. The maximum atomic E-state index is 12.5. The molecule has 1 fully saturated rings. The summed E-state index contributed by atoms with van der Waals surface area (Å²) in [4.78, 5) is 17.6. The number of carbonyl (C=O) groups excluding carboxylic acids is 1. The van der Waals surface area contributed by atoms with Crippen molar-refractivity contribution in [2.24, 2.45) is 0 Å². The first-order valence-corrected chi connectivity index (χ1v) is 11.2. The molecular weight excluding hydrogens is 384 g/mol. The molecule has 1 aliphatic rings. The quantitative estimate of drug-likeness (QED) is 0.708. The van der Waals surface area contributed by atoms with Gasteiger partial charge in [0.1, 0.15) is 5.75 Å². The predicted octanol–water partition coefficient (Wildman–Crippen LogP) is 3.96. The Kier molecular flexibility index (Phi) is 7.19. The minimum atomic E-state index is -0.700. The molecule has 2 aromatic rings. The van der Waals surface area contributed by atoms with Crippen LogP contribution in [0.15, 0.2) is 41.8 Å². The minimum Gasteiger partial charge on any atom is -0.491 e. The number of ether oxygens (including phenoxy) is 1. The zero-order valence-electron chi connectivity index (χ0n) is 17.6. The average molecular weight is 417 g/mol.